The minimum Gasteiger partial charge on any atom is -0.491 e. The van der Waals surface area contributed by atoms with Crippen LogP contribution in [0, 0.1) is 11.6 Å². The summed E-state index contributed by atoms with van der Waals surface area (Å²) in [4.78, 5) is 17.8. The van der Waals surface area contributed by atoms with E-state index in [2.05, 4.69) is 10.3 Å². The number of aromatic nitrogens is 2. The third-order valence-corrected chi connectivity index (χ3v) is 5.07. The molecule has 2 aromatic carbocycles. The molecule has 1 N–H and O–H groups in total. The molecule has 0 aliphatic heterocycles. The molecular weight excluding hydrogens is 448 g/mol. The minimum absolute atomic E-state index is 0.0393. The van der Waals surface area contributed by atoms with E-state index < -0.39 is 65.9 Å². The molecule has 4 rings (SSSR count). The summed E-state index contributed by atoms with van der Waals surface area (Å²) in [5.41, 5.74) is -0.589. The van der Waals surface area contributed by atoms with Crippen LogP contribution in [-0.4, -0.2) is 21.6 Å². The SMILES string of the molecule is [2H]c1ccnc(C([2H])([2H])n2c(C(C)C)c(C(=O)NCc3ccc(F)c(F)c3)c3c([2H])c([2H])c(OC(C)C)c([2H])c32)c1[2H]. The molecular formula is C28H29F2N3O2. The van der Waals surface area contributed by atoms with Crippen LogP contribution in [0.4, 0.5) is 8.78 Å². The van der Waals surface area contributed by atoms with Crippen LogP contribution in [0.1, 0.15) is 70.5 Å². The van der Waals surface area contributed by atoms with Crippen LogP contribution in [0.2, 0.25) is 0 Å². The van der Waals surface area contributed by atoms with E-state index >= 15 is 0 Å². The highest BCUT2D eigenvalue weighted by Crippen LogP contribution is 2.34. The largest absolute Gasteiger partial charge is 0.491 e. The molecule has 0 fully saturated rings. The van der Waals surface area contributed by atoms with Crippen LogP contribution >= 0.6 is 0 Å². The number of nitrogens with one attached hydrogen (secondary N) is 1. The van der Waals surface area contributed by atoms with E-state index in [9.17, 15) is 13.6 Å². The standard InChI is InChI=1S/C28H29F2N3O2/c1-17(2)27-26(28(34)32-15-19-8-11-23(29)24(30)13-19)22-10-9-21(35-18(3)4)14-25(22)33(27)16-20-7-5-6-12-31-20/h5-14,17-18H,15-16H2,1-4H3,(H,32,34)/i5D,7D,9D,10D,14D,16D2. The van der Waals surface area contributed by atoms with Gasteiger partial charge in [-0.2, -0.15) is 0 Å². The molecule has 0 radical (unpaired) electrons. The number of halogens is 2. The topological polar surface area (TPSA) is 56.2 Å². The molecule has 5 nitrogen and oxygen atoms in total. The van der Waals surface area contributed by atoms with Gasteiger partial charge >= 0.3 is 0 Å². The maximum Gasteiger partial charge on any atom is 0.254 e. The van der Waals surface area contributed by atoms with Gasteiger partial charge in [0.1, 0.15) is 5.75 Å². The van der Waals surface area contributed by atoms with Gasteiger partial charge in [0.25, 0.3) is 5.91 Å². The molecule has 0 saturated carbocycles. The number of nitrogens with zero attached hydrogens (tertiary/aromatic N) is 2. The highest BCUT2D eigenvalue weighted by molar-refractivity contribution is 6.09. The van der Waals surface area contributed by atoms with E-state index in [4.69, 9.17) is 14.3 Å². The molecule has 4 aromatic rings. The molecule has 0 unspecified atom stereocenters. The van der Waals surface area contributed by atoms with Gasteiger partial charge in [-0.3, -0.25) is 9.78 Å². The van der Waals surface area contributed by atoms with Crippen molar-refractivity contribution < 1.29 is 27.9 Å². The Morgan fingerprint density at radius 3 is 2.71 bits per heavy atom. The van der Waals surface area contributed by atoms with Gasteiger partial charge in [-0.25, -0.2) is 8.78 Å². The van der Waals surface area contributed by atoms with E-state index in [1.54, 1.807) is 27.7 Å². The summed E-state index contributed by atoms with van der Waals surface area (Å²) in [6.07, 6.45) is 0.677. The Morgan fingerprint density at radius 1 is 1.20 bits per heavy atom. The van der Waals surface area contributed by atoms with Gasteiger partial charge in [0.15, 0.2) is 11.6 Å². The molecule has 182 valence electrons. The molecule has 35 heavy (non-hydrogen) atoms. The first-order chi connectivity index (χ1) is 19.6. The second-order valence-corrected chi connectivity index (χ2v) is 8.45. The average molecular weight is 485 g/mol. The lowest BCUT2D eigenvalue weighted by Gasteiger charge is -2.15. The predicted molar refractivity (Wildman–Crippen MR) is 133 cm³/mol. The van der Waals surface area contributed by atoms with Gasteiger partial charge in [0.2, 0.25) is 0 Å². The average Bonchev–Trinajstić information content (AvgIpc) is 3.29. The number of hydrogen-bond donors (Lipinski definition) is 1. The molecule has 0 spiro atoms. The lowest BCUT2D eigenvalue weighted by molar-refractivity contribution is 0.0951. The molecule has 2 aromatic heterocycles. The number of carbonyl (C=O) groups excluding carboxylic acids is 1. The molecule has 0 saturated heterocycles. The summed E-state index contributed by atoms with van der Waals surface area (Å²) in [6, 6.07) is 2.15. The summed E-state index contributed by atoms with van der Waals surface area (Å²) in [7, 11) is 0. The number of pyridine rings is 1. The fourth-order valence-corrected chi connectivity index (χ4v) is 3.65. The third-order valence-electron chi connectivity index (χ3n) is 5.07. The zero-order valence-electron chi connectivity index (χ0n) is 26.7. The molecule has 7 heteroatoms. The van der Waals surface area contributed by atoms with Crippen LogP contribution in [-0.2, 0) is 13.0 Å². The van der Waals surface area contributed by atoms with E-state index in [-0.39, 0.29) is 46.1 Å². The first-order valence-electron chi connectivity index (χ1n) is 14.6. The number of ether oxygens (including phenoxy) is 1. The lowest BCUT2D eigenvalue weighted by Crippen LogP contribution is -2.24. The number of carbonyl (C=O) groups is 1. The number of amides is 1. The Hall–Kier alpha value is -3.74. The second-order valence-electron chi connectivity index (χ2n) is 8.45. The van der Waals surface area contributed by atoms with Gasteiger partial charge in [-0.15, -0.1) is 0 Å². The zero-order valence-corrected chi connectivity index (χ0v) is 19.7. The van der Waals surface area contributed by atoms with Gasteiger partial charge in [0.05, 0.1) is 39.0 Å². The Labute approximate surface area is 213 Å². The molecule has 0 aliphatic rings. The Bertz CT molecular complexity index is 1710. The fraction of sp³-hybridized carbons (Fsp3) is 0.286. The molecule has 0 aliphatic carbocycles. The Balaban J connectivity index is 2.07. The maximum absolute atomic E-state index is 13.8. The van der Waals surface area contributed by atoms with Crippen LogP contribution in [0.3, 0.4) is 0 Å². The number of hydrogen-bond acceptors (Lipinski definition) is 3. The molecule has 0 atom stereocenters. The lowest BCUT2D eigenvalue weighted by atomic mass is 10.0. The van der Waals surface area contributed by atoms with Crippen LogP contribution < -0.4 is 10.1 Å². The number of rotatable bonds is 8. The zero-order chi connectivity index (χ0) is 31.3. The highest BCUT2D eigenvalue weighted by atomic mass is 19.2. The quantitative estimate of drug-likeness (QED) is 0.324. The Kier molecular flexibility index (Phi) is 4.93. The van der Waals surface area contributed by atoms with Crippen molar-refractivity contribution in [2.45, 2.75) is 52.8 Å². The van der Waals surface area contributed by atoms with E-state index in [1.807, 2.05) is 0 Å². The predicted octanol–water partition coefficient (Wildman–Crippen LogP) is 6.20. The van der Waals surface area contributed by atoms with Crippen molar-refractivity contribution in [3.8, 4) is 5.75 Å². The first-order valence-corrected chi connectivity index (χ1v) is 11.1. The summed E-state index contributed by atoms with van der Waals surface area (Å²) >= 11 is 0. The first kappa shape index (κ1) is 16.8. The van der Waals surface area contributed by atoms with Crippen molar-refractivity contribution >= 4 is 16.8 Å². The van der Waals surface area contributed by atoms with Gasteiger partial charge in [-0.05, 0) is 61.7 Å². The van der Waals surface area contributed by atoms with Gasteiger partial charge in [0, 0.05) is 29.9 Å². The number of benzene rings is 2. The van der Waals surface area contributed by atoms with Crippen LogP contribution in [0.15, 0.2) is 60.7 Å². The van der Waals surface area contributed by atoms with Gasteiger partial charge in [-0.1, -0.05) is 26.0 Å². The monoisotopic (exact) mass is 484 g/mol. The highest BCUT2D eigenvalue weighted by Gasteiger charge is 2.25. The van der Waals surface area contributed by atoms with Crippen LogP contribution in [0.5, 0.6) is 5.75 Å². The van der Waals surface area contributed by atoms with Crippen molar-refractivity contribution in [2.24, 2.45) is 0 Å². The van der Waals surface area contributed by atoms with E-state index in [0.717, 1.165) is 16.7 Å². The van der Waals surface area contributed by atoms with Crippen molar-refractivity contribution in [1.82, 2.24) is 14.9 Å². The smallest absolute Gasteiger partial charge is 0.254 e. The van der Waals surface area contributed by atoms with Crippen molar-refractivity contribution in [1.29, 1.82) is 0 Å². The maximum atomic E-state index is 13.8. The van der Waals surface area contributed by atoms with E-state index in [0.29, 0.717) is 0 Å². The molecule has 0 bridgehead atoms. The fourth-order valence-electron chi connectivity index (χ4n) is 3.65. The number of fused-ring (bicyclic) bond motifs is 1. The third kappa shape index (κ3) is 5.34. The van der Waals surface area contributed by atoms with Crippen molar-refractivity contribution in [3.05, 3.63) is 94.8 Å². The minimum atomic E-state index is -2.70. The normalized spacial score (nSPS) is 14.7. The van der Waals surface area contributed by atoms with Gasteiger partial charge < -0.3 is 14.6 Å². The summed E-state index contributed by atoms with van der Waals surface area (Å²) in [5, 5.41) is 2.41. The van der Waals surface area contributed by atoms with Crippen molar-refractivity contribution in [2.75, 3.05) is 0 Å². The summed E-state index contributed by atoms with van der Waals surface area (Å²) in [5.74, 6) is -3.85. The second kappa shape index (κ2) is 10.3. The summed E-state index contributed by atoms with van der Waals surface area (Å²) < 4.78 is 95.0. The Morgan fingerprint density at radius 2 is 2.00 bits per heavy atom. The molecule has 2 heterocycles. The summed E-state index contributed by atoms with van der Waals surface area (Å²) in [6.45, 7) is 3.73. The van der Waals surface area contributed by atoms with Crippen molar-refractivity contribution in [3.63, 3.8) is 0 Å². The molecule has 1 amide bonds. The van der Waals surface area contributed by atoms with E-state index in [1.165, 1.54) is 18.3 Å². The van der Waals surface area contributed by atoms with Crippen LogP contribution in [0.25, 0.3) is 10.9 Å².